The van der Waals surface area contributed by atoms with Gasteiger partial charge in [-0.2, -0.15) is 0 Å². The Hall–Kier alpha value is -0.870. The zero-order valence-electron chi connectivity index (χ0n) is 8.81. The molecule has 0 aromatic carbocycles. The molecule has 2 N–H and O–H groups in total. The van der Waals surface area contributed by atoms with Crippen LogP contribution in [0.4, 0.5) is 0 Å². The highest BCUT2D eigenvalue weighted by atomic mass is 79.9. The third-order valence-corrected chi connectivity index (χ3v) is 3.03. The molecule has 0 aliphatic heterocycles. The number of nitrogens with zero attached hydrogens (tertiary/aromatic N) is 2. The molecule has 15 heavy (non-hydrogen) atoms. The summed E-state index contributed by atoms with van der Waals surface area (Å²) >= 11 is 3.45. The monoisotopic (exact) mass is 267 g/mol. The number of hydrogen-bond acceptors (Lipinski definition) is 2. The second-order valence-corrected chi connectivity index (χ2v) is 4.94. The topological polar surface area (TPSA) is 43.3 Å². The Morgan fingerprint density at radius 1 is 1.40 bits per heavy atom. The third-order valence-electron chi connectivity index (χ3n) is 2.56. The first-order valence-corrected chi connectivity index (χ1v) is 5.77. The quantitative estimate of drug-likeness (QED) is 0.910. The van der Waals surface area contributed by atoms with Crippen LogP contribution in [0.25, 0.3) is 5.65 Å². The normalized spacial score (nSPS) is 13.7. The van der Waals surface area contributed by atoms with Crippen molar-refractivity contribution in [3.8, 4) is 0 Å². The summed E-state index contributed by atoms with van der Waals surface area (Å²) in [4.78, 5) is 4.33. The highest BCUT2D eigenvalue weighted by Crippen LogP contribution is 2.21. The second kappa shape index (κ2) is 3.94. The molecule has 0 saturated carbocycles. The molecule has 0 radical (unpaired) electrons. The molecule has 4 heteroatoms. The predicted molar refractivity (Wildman–Crippen MR) is 64.7 cm³/mol. The number of hydrogen-bond donors (Lipinski definition) is 1. The number of fused-ring (bicyclic) bond motifs is 1. The van der Waals surface area contributed by atoms with Crippen LogP contribution in [0.5, 0.6) is 0 Å². The van der Waals surface area contributed by atoms with Gasteiger partial charge in [0, 0.05) is 16.7 Å². The molecule has 1 atom stereocenters. The molecule has 0 aliphatic carbocycles. The van der Waals surface area contributed by atoms with Gasteiger partial charge >= 0.3 is 0 Å². The van der Waals surface area contributed by atoms with Crippen molar-refractivity contribution in [2.75, 3.05) is 0 Å². The van der Waals surface area contributed by atoms with Crippen LogP contribution in [0.2, 0.25) is 0 Å². The van der Waals surface area contributed by atoms with Crippen molar-refractivity contribution in [1.29, 1.82) is 0 Å². The van der Waals surface area contributed by atoms with Gasteiger partial charge in [0.2, 0.25) is 0 Å². The van der Waals surface area contributed by atoms with Crippen molar-refractivity contribution in [3.05, 3.63) is 34.7 Å². The van der Waals surface area contributed by atoms with Gasteiger partial charge in [-0.05, 0) is 34.0 Å². The van der Waals surface area contributed by atoms with Crippen LogP contribution in [-0.2, 0) is 0 Å². The van der Waals surface area contributed by atoms with E-state index in [1.165, 1.54) is 0 Å². The molecule has 2 aromatic heterocycles. The maximum atomic E-state index is 6.12. The minimum Gasteiger partial charge on any atom is -0.322 e. The van der Waals surface area contributed by atoms with Crippen LogP contribution in [0, 0.1) is 5.92 Å². The number of nitrogens with two attached hydrogens (primary N) is 1. The van der Waals surface area contributed by atoms with Crippen molar-refractivity contribution in [3.63, 3.8) is 0 Å². The summed E-state index contributed by atoms with van der Waals surface area (Å²) in [7, 11) is 0. The fourth-order valence-electron chi connectivity index (χ4n) is 1.56. The van der Waals surface area contributed by atoms with Gasteiger partial charge in [0.1, 0.15) is 5.65 Å². The van der Waals surface area contributed by atoms with Crippen LogP contribution in [0.3, 0.4) is 0 Å². The van der Waals surface area contributed by atoms with Gasteiger partial charge in [0.15, 0.2) is 0 Å². The Bertz CT molecular complexity index is 476. The van der Waals surface area contributed by atoms with Crippen LogP contribution in [-0.4, -0.2) is 9.38 Å². The number of pyridine rings is 1. The minimum absolute atomic E-state index is 0.0225. The molecule has 2 aromatic rings. The van der Waals surface area contributed by atoms with Gasteiger partial charge in [-0.1, -0.05) is 13.8 Å². The molecule has 0 spiro atoms. The lowest BCUT2D eigenvalue weighted by molar-refractivity contribution is 0.500. The number of halogens is 1. The van der Waals surface area contributed by atoms with Gasteiger partial charge in [-0.3, -0.25) is 0 Å². The summed E-state index contributed by atoms with van der Waals surface area (Å²) in [6.07, 6.45) is 3.85. The molecule has 0 aliphatic rings. The molecule has 0 fully saturated rings. The third kappa shape index (κ3) is 1.92. The second-order valence-electron chi connectivity index (χ2n) is 4.03. The van der Waals surface area contributed by atoms with Crippen molar-refractivity contribution in [2.45, 2.75) is 19.9 Å². The first-order valence-electron chi connectivity index (χ1n) is 4.97. The van der Waals surface area contributed by atoms with E-state index in [2.05, 4.69) is 34.8 Å². The zero-order chi connectivity index (χ0) is 11.0. The first kappa shape index (κ1) is 10.6. The van der Waals surface area contributed by atoms with E-state index in [-0.39, 0.29) is 6.04 Å². The highest BCUT2D eigenvalue weighted by molar-refractivity contribution is 9.10. The Balaban J connectivity index is 2.56. The Morgan fingerprint density at radius 3 is 2.80 bits per heavy atom. The summed E-state index contributed by atoms with van der Waals surface area (Å²) in [5, 5.41) is 0. The smallest absolute Gasteiger partial charge is 0.137 e. The number of imidazole rings is 1. The molecule has 0 bridgehead atoms. The average Bonchev–Trinajstić information content (AvgIpc) is 2.59. The largest absolute Gasteiger partial charge is 0.322 e. The molecule has 2 rings (SSSR count). The van der Waals surface area contributed by atoms with Gasteiger partial charge in [-0.15, -0.1) is 0 Å². The van der Waals surface area contributed by atoms with Gasteiger partial charge in [-0.25, -0.2) is 4.98 Å². The minimum atomic E-state index is 0.0225. The summed E-state index contributed by atoms with van der Waals surface area (Å²) in [6, 6.07) is 3.97. The molecule has 80 valence electrons. The lowest BCUT2D eigenvalue weighted by atomic mass is 10.0. The van der Waals surface area contributed by atoms with Gasteiger partial charge < -0.3 is 10.1 Å². The Labute approximate surface area is 97.4 Å². The van der Waals surface area contributed by atoms with E-state index < -0.39 is 0 Å². The van der Waals surface area contributed by atoms with Crippen molar-refractivity contribution >= 4 is 21.6 Å². The Kier molecular flexibility index (Phi) is 2.80. The van der Waals surface area contributed by atoms with E-state index in [0.717, 1.165) is 15.8 Å². The molecular formula is C11H14BrN3. The summed E-state index contributed by atoms with van der Waals surface area (Å²) in [5.74, 6) is 0.406. The maximum Gasteiger partial charge on any atom is 0.137 e. The maximum absolute atomic E-state index is 6.12. The van der Waals surface area contributed by atoms with E-state index in [4.69, 9.17) is 5.73 Å². The van der Waals surface area contributed by atoms with Crippen molar-refractivity contribution in [1.82, 2.24) is 9.38 Å². The van der Waals surface area contributed by atoms with Gasteiger partial charge in [0.05, 0.1) is 11.9 Å². The van der Waals surface area contributed by atoms with Crippen LogP contribution in [0.1, 0.15) is 25.6 Å². The summed E-state index contributed by atoms with van der Waals surface area (Å²) < 4.78 is 3.07. The number of rotatable bonds is 2. The lowest BCUT2D eigenvalue weighted by Gasteiger charge is -2.15. The summed E-state index contributed by atoms with van der Waals surface area (Å²) in [5.41, 5.74) is 8.11. The molecule has 2 heterocycles. The fraction of sp³-hybridized carbons (Fsp3) is 0.364. The fourth-order valence-corrected chi connectivity index (χ4v) is 1.90. The Morgan fingerprint density at radius 2 is 2.13 bits per heavy atom. The van der Waals surface area contributed by atoms with E-state index >= 15 is 0 Å². The van der Waals surface area contributed by atoms with Crippen LogP contribution >= 0.6 is 15.9 Å². The van der Waals surface area contributed by atoms with E-state index in [0.29, 0.717) is 5.92 Å². The van der Waals surface area contributed by atoms with E-state index in [1.807, 2.05) is 28.9 Å². The van der Waals surface area contributed by atoms with Crippen LogP contribution in [0.15, 0.2) is 29.0 Å². The zero-order valence-corrected chi connectivity index (χ0v) is 10.4. The van der Waals surface area contributed by atoms with Gasteiger partial charge in [0.25, 0.3) is 0 Å². The van der Waals surface area contributed by atoms with Crippen molar-refractivity contribution < 1.29 is 0 Å². The molecule has 1 unspecified atom stereocenters. The first-order chi connectivity index (χ1) is 7.09. The highest BCUT2D eigenvalue weighted by Gasteiger charge is 2.14. The van der Waals surface area contributed by atoms with E-state index in [1.54, 1.807) is 0 Å². The molecule has 0 saturated heterocycles. The molecule has 3 nitrogen and oxygen atoms in total. The standard InChI is InChI=1S/C11H14BrN3/c1-7(2)11(13)9-5-14-10-4-3-8(12)6-15(9)10/h3-7,11H,13H2,1-2H3. The molecule has 0 amide bonds. The molecular weight excluding hydrogens is 254 g/mol. The predicted octanol–water partition coefficient (Wildman–Crippen LogP) is 2.75. The lowest BCUT2D eigenvalue weighted by Crippen LogP contribution is -2.18. The number of aromatic nitrogens is 2. The summed E-state index contributed by atoms with van der Waals surface area (Å²) in [6.45, 7) is 4.23. The van der Waals surface area contributed by atoms with E-state index in [9.17, 15) is 0 Å². The average molecular weight is 268 g/mol. The van der Waals surface area contributed by atoms with Crippen molar-refractivity contribution in [2.24, 2.45) is 11.7 Å². The van der Waals surface area contributed by atoms with Crippen LogP contribution < -0.4 is 5.73 Å². The SMILES string of the molecule is CC(C)C(N)c1cnc2ccc(Br)cn12.